The molecule has 0 aliphatic rings. The standard InChI is InChI=1S/C26H24N4O4/c1-17-25(18(2)30(29-17)22-10-4-3-5-11-22)28-23(31)16-34-24(32)15-27-26(33)21-13-12-19-8-6-7-9-20(19)14-21/h3-14H,15-16H2,1-2H3,(H,27,33)(H,28,31). The third-order valence-electron chi connectivity index (χ3n) is 5.33. The van der Waals surface area contributed by atoms with Gasteiger partial charge in [0, 0.05) is 5.56 Å². The molecule has 1 heterocycles. The van der Waals surface area contributed by atoms with E-state index in [4.69, 9.17) is 4.74 Å². The Morgan fingerprint density at radius 3 is 2.38 bits per heavy atom. The molecule has 172 valence electrons. The largest absolute Gasteiger partial charge is 0.454 e. The summed E-state index contributed by atoms with van der Waals surface area (Å²) < 4.78 is 6.75. The number of fused-ring (bicyclic) bond motifs is 1. The number of hydrogen-bond donors (Lipinski definition) is 2. The van der Waals surface area contributed by atoms with Crippen molar-refractivity contribution in [1.29, 1.82) is 0 Å². The molecular formula is C26H24N4O4. The van der Waals surface area contributed by atoms with Crippen molar-refractivity contribution >= 4 is 34.2 Å². The van der Waals surface area contributed by atoms with Gasteiger partial charge in [0.25, 0.3) is 11.8 Å². The Bertz CT molecular complexity index is 1360. The van der Waals surface area contributed by atoms with Crippen LogP contribution < -0.4 is 10.6 Å². The Labute approximate surface area is 196 Å². The molecule has 34 heavy (non-hydrogen) atoms. The first kappa shape index (κ1) is 22.7. The molecule has 0 spiro atoms. The maximum absolute atomic E-state index is 12.4. The van der Waals surface area contributed by atoms with Gasteiger partial charge in [0.1, 0.15) is 6.54 Å². The summed E-state index contributed by atoms with van der Waals surface area (Å²) in [6.07, 6.45) is 0. The van der Waals surface area contributed by atoms with Crippen molar-refractivity contribution < 1.29 is 19.1 Å². The van der Waals surface area contributed by atoms with Gasteiger partial charge in [-0.25, -0.2) is 4.68 Å². The molecule has 4 rings (SSSR count). The van der Waals surface area contributed by atoms with Crippen LogP contribution in [0.15, 0.2) is 72.8 Å². The zero-order chi connectivity index (χ0) is 24.1. The van der Waals surface area contributed by atoms with Crippen LogP contribution >= 0.6 is 0 Å². The highest BCUT2D eigenvalue weighted by atomic mass is 16.5. The molecule has 8 heteroatoms. The SMILES string of the molecule is Cc1nn(-c2ccccc2)c(C)c1NC(=O)COC(=O)CNC(=O)c1ccc2ccccc2c1. The van der Waals surface area contributed by atoms with Crippen LogP contribution in [0.2, 0.25) is 0 Å². The van der Waals surface area contributed by atoms with E-state index >= 15 is 0 Å². The van der Waals surface area contributed by atoms with Crippen LogP contribution in [0.4, 0.5) is 5.69 Å². The van der Waals surface area contributed by atoms with Crippen molar-refractivity contribution in [3.05, 3.63) is 89.7 Å². The Balaban J connectivity index is 1.28. The molecule has 0 radical (unpaired) electrons. The topological polar surface area (TPSA) is 102 Å². The Kier molecular flexibility index (Phi) is 6.68. The summed E-state index contributed by atoms with van der Waals surface area (Å²) >= 11 is 0. The number of nitrogens with one attached hydrogen (secondary N) is 2. The highest BCUT2D eigenvalue weighted by Crippen LogP contribution is 2.22. The highest BCUT2D eigenvalue weighted by molar-refractivity contribution is 6.00. The normalized spacial score (nSPS) is 10.6. The lowest BCUT2D eigenvalue weighted by molar-refractivity contribution is -0.146. The summed E-state index contributed by atoms with van der Waals surface area (Å²) in [7, 11) is 0. The lowest BCUT2D eigenvalue weighted by Gasteiger charge is -2.09. The molecule has 0 saturated carbocycles. The minimum atomic E-state index is -0.710. The number of esters is 1. The first-order chi connectivity index (χ1) is 16.4. The van der Waals surface area contributed by atoms with E-state index in [2.05, 4.69) is 15.7 Å². The maximum Gasteiger partial charge on any atom is 0.325 e. The zero-order valence-electron chi connectivity index (χ0n) is 18.9. The van der Waals surface area contributed by atoms with E-state index in [1.54, 1.807) is 23.7 Å². The van der Waals surface area contributed by atoms with E-state index < -0.39 is 24.4 Å². The number of aromatic nitrogens is 2. The summed E-state index contributed by atoms with van der Waals surface area (Å²) in [5.41, 5.74) is 3.27. The number of nitrogens with zero attached hydrogens (tertiary/aromatic N) is 2. The molecular weight excluding hydrogens is 432 g/mol. The van der Waals surface area contributed by atoms with Crippen molar-refractivity contribution in [2.45, 2.75) is 13.8 Å². The first-order valence-electron chi connectivity index (χ1n) is 10.8. The van der Waals surface area contributed by atoms with Gasteiger partial charge < -0.3 is 15.4 Å². The van der Waals surface area contributed by atoms with Gasteiger partial charge in [0.15, 0.2) is 6.61 Å². The lowest BCUT2D eigenvalue weighted by Crippen LogP contribution is -2.32. The van der Waals surface area contributed by atoms with Gasteiger partial charge in [-0.15, -0.1) is 0 Å². The van der Waals surface area contributed by atoms with E-state index in [9.17, 15) is 14.4 Å². The van der Waals surface area contributed by atoms with Crippen LogP contribution in [0, 0.1) is 13.8 Å². The van der Waals surface area contributed by atoms with Gasteiger partial charge in [-0.3, -0.25) is 14.4 Å². The summed E-state index contributed by atoms with van der Waals surface area (Å²) in [6, 6.07) is 22.5. The van der Waals surface area contributed by atoms with Crippen molar-refractivity contribution in [1.82, 2.24) is 15.1 Å². The summed E-state index contributed by atoms with van der Waals surface area (Å²) in [6.45, 7) is 2.82. The molecule has 0 aliphatic heterocycles. The molecule has 2 amide bonds. The summed E-state index contributed by atoms with van der Waals surface area (Å²) in [4.78, 5) is 36.7. The van der Waals surface area contributed by atoms with Gasteiger partial charge in [-0.1, -0.05) is 48.5 Å². The van der Waals surface area contributed by atoms with Crippen LogP contribution in [0.3, 0.4) is 0 Å². The zero-order valence-corrected chi connectivity index (χ0v) is 18.9. The van der Waals surface area contributed by atoms with Gasteiger partial charge >= 0.3 is 5.97 Å². The van der Waals surface area contributed by atoms with E-state index in [0.29, 0.717) is 16.9 Å². The molecule has 0 bridgehead atoms. The average Bonchev–Trinajstić information content (AvgIpc) is 3.14. The molecule has 0 unspecified atom stereocenters. The van der Waals surface area contributed by atoms with Gasteiger partial charge in [0.05, 0.1) is 22.8 Å². The van der Waals surface area contributed by atoms with Crippen molar-refractivity contribution in [2.24, 2.45) is 0 Å². The van der Waals surface area contributed by atoms with Crippen LogP contribution in [-0.4, -0.2) is 40.7 Å². The fourth-order valence-electron chi connectivity index (χ4n) is 3.60. The third kappa shape index (κ3) is 5.12. The number of para-hydroxylation sites is 1. The van der Waals surface area contributed by atoms with Crippen molar-refractivity contribution in [2.75, 3.05) is 18.5 Å². The monoisotopic (exact) mass is 456 g/mol. The van der Waals surface area contributed by atoms with Crippen LogP contribution in [0.5, 0.6) is 0 Å². The molecule has 0 saturated heterocycles. The quantitative estimate of drug-likeness (QED) is 0.414. The van der Waals surface area contributed by atoms with E-state index in [1.807, 2.05) is 67.6 Å². The van der Waals surface area contributed by atoms with Crippen LogP contribution in [0.25, 0.3) is 16.5 Å². The Morgan fingerprint density at radius 2 is 1.62 bits per heavy atom. The summed E-state index contributed by atoms with van der Waals surface area (Å²) in [5, 5.41) is 11.7. The number of benzene rings is 3. The van der Waals surface area contributed by atoms with Gasteiger partial charge in [-0.05, 0) is 48.9 Å². The fourth-order valence-corrected chi connectivity index (χ4v) is 3.60. The molecule has 0 fully saturated rings. The summed E-state index contributed by atoms with van der Waals surface area (Å²) in [5.74, 6) is -1.60. The lowest BCUT2D eigenvalue weighted by atomic mass is 10.1. The number of ether oxygens (including phenoxy) is 1. The number of aryl methyl sites for hydroxylation is 1. The molecule has 2 N–H and O–H groups in total. The van der Waals surface area contributed by atoms with Crippen molar-refractivity contribution in [3.8, 4) is 5.69 Å². The highest BCUT2D eigenvalue weighted by Gasteiger charge is 2.17. The number of carbonyl (C=O) groups excluding carboxylic acids is 3. The third-order valence-corrected chi connectivity index (χ3v) is 5.33. The van der Waals surface area contributed by atoms with Crippen LogP contribution in [-0.2, 0) is 14.3 Å². The first-order valence-corrected chi connectivity index (χ1v) is 10.8. The Morgan fingerprint density at radius 1 is 0.912 bits per heavy atom. The minimum absolute atomic E-state index is 0.344. The second kappa shape index (κ2) is 9.99. The predicted octanol–water partition coefficient (Wildman–Crippen LogP) is 3.55. The minimum Gasteiger partial charge on any atom is -0.454 e. The van der Waals surface area contributed by atoms with E-state index in [0.717, 1.165) is 22.2 Å². The fraction of sp³-hybridized carbons (Fsp3) is 0.154. The van der Waals surface area contributed by atoms with E-state index in [-0.39, 0.29) is 6.54 Å². The maximum atomic E-state index is 12.4. The van der Waals surface area contributed by atoms with Gasteiger partial charge in [0.2, 0.25) is 0 Å². The number of hydrogen-bond acceptors (Lipinski definition) is 5. The number of rotatable bonds is 7. The number of amides is 2. The van der Waals surface area contributed by atoms with Crippen LogP contribution in [0.1, 0.15) is 21.7 Å². The van der Waals surface area contributed by atoms with Gasteiger partial charge in [-0.2, -0.15) is 5.10 Å². The molecule has 4 aromatic rings. The molecule has 3 aromatic carbocycles. The van der Waals surface area contributed by atoms with E-state index in [1.165, 1.54) is 0 Å². The Hall–Kier alpha value is -4.46. The predicted molar refractivity (Wildman–Crippen MR) is 129 cm³/mol. The molecule has 0 aliphatic carbocycles. The average molecular weight is 457 g/mol. The molecule has 8 nitrogen and oxygen atoms in total. The molecule has 0 atom stereocenters. The number of carbonyl (C=O) groups is 3. The molecule has 1 aromatic heterocycles. The second-order valence-electron chi connectivity index (χ2n) is 7.75. The smallest absolute Gasteiger partial charge is 0.325 e. The number of anilines is 1. The second-order valence-corrected chi connectivity index (χ2v) is 7.75. The van der Waals surface area contributed by atoms with Crippen molar-refractivity contribution in [3.63, 3.8) is 0 Å².